The highest BCUT2D eigenvalue weighted by atomic mass is 79.9. The molecule has 0 saturated carbocycles. The third-order valence-corrected chi connectivity index (χ3v) is 5.38. The third-order valence-electron chi connectivity index (χ3n) is 4.69. The molecule has 2 aromatic carbocycles. The number of rotatable bonds is 4. The normalized spacial score (nSPS) is 16.5. The fraction of sp³-hybridized carbons (Fsp3) is 0.200. The topological polar surface area (TPSA) is 61.0 Å². The number of halogens is 2. The molecule has 0 bridgehead atoms. The number of hydrogen-bond donors (Lipinski definition) is 2. The summed E-state index contributed by atoms with van der Waals surface area (Å²) in [5, 5.41) is 10.5. The second-order valence-corrected chi connectivity index (χ2v) is 7.39. The summed E-state index contributed by atoms with van der Waals surface area (Å²) in [5.74, 6) is 0.483. The molecule has 3 aromatic rings. The highest BCUT2D eigenvalue weighted by Crippen LogP contribution is 2.25. The van der Waals surface area contributed by atoms with Crippen LogP contribution in [0, 0.1) is 5.82 Å². The Kier molecular flexibility index (Phi) is 4.94. The van der Waals surface area contributed by atoms with Crippen molar-refractivity contribution in [2.45, 2.75) is 12.5 Å². The van der Waals surface area contributed by atoms with Crippen LogP contribution in [0.2, 0.25) is 0 Å². The van der Waals surface area contributed by atoms with E-state index in [0.717, 1.165) is 34.5 Å². The number of anilines is 1. The lowest BCUT2D eigenvalue weighted by atomic mass is 10.1. The van der Waals surface area contributed by atoms with Crippen LogP contribution in [-0.4, -0.2) is 35.2 Å². The molecule has 1 amide bonds. The molecule has 0 unspecified atom stereocenters. The first-order chi connectivity index (χ1) is 13.1. The monoisotopic (exact) mass is 428 g/mol. The van der Waals surface area contributed by atoms with Gasteiger partial charge in [0.2, 0.25) is 0 Å². The highest BCUT2D eigenvalue weighted by molar-refractivity contribution is 9.10. The lowest BCUT2D eigenvalue weighted by molar-refractivity contribution is 0.0939. The standard InChI is InChI=1S/C20H18BrFN4O/c21-17-4-2-1-3-16(17)20(27)23-15-9-10-26(12-15)19-11-18(24-25-19)13-5-7-14(22)8-6-13/h1-8,11,15H,9-10,12H2,(H,23,27)(H,24,25)/t15-/m1/s1. The van der Waals surface area contributed by atoms with Gasteiger partial charge in [-0.15, -0.1) is 0 Å². The number of benzene rings is 2. The average Bonchev–Trinajstić information content (AvgIpc) is 3.32. The van der Waals surface area contributed by atoms with Gasteiger partial charge in [-0.1, -0.05) is 12.1 Å². The molecule has 5 nitrogen and oxygen atoms in total. The maximum Gasteiger partial charge on any atom is 0.252 e. The number of nitrogens with zero attached hydrogens (tertiary/aromatic N) is 2. The van der Waals surface area contributed by atoms with E-state index in [1.165, 1.54) is 12.1 Å². The molecule has 2 N–H and O–H groups in total. The summed E-state index contributed by atoms with van der Waals surface area (Å²) in [6.45, 7) is 1.51. The Morgan fingerprint density at radius 2 is 2.00 bits per heavy atom. The van der Waals surface area contributed by atoms with Gasteiger partial charge in [-0.05, 0) is 64.3 Å². The van der Waals surface area contributed by atoms with Gasteiger partial charge in [0, 0.05) is 29.7 Å². The molecular weight excluding hydrogens is 411 g/mol. The Morgan fingerprint density at radius 3 is 2.78 bits per heavy atom. The van der Waals surface area contributed by atoms with Crippen molar-refractivity contribution >= 4 is 27.7 Å². The van der Waals surface area contributed by atoms with Crippen molar-refractivity contribution in [1.29, 1.82) is 0 Å². The summed E-state index contributed by atoms with van der Waals surface area (Å²) in [4.78, 5) is 14.6. The lowest BCUT2D eigenvalue weighted by Gasteiger charge is -2.16. The number of carbonyl (C=O) groups is 1. The smallest absolute Gasteiger partial charge is 0.252 e. The second kappa shape index (κ2) is 7.52. The quantitative estimate of drug-likeness (QED) is 0.660. The Labute approximate surface area is 164 Å². The SMILES string of the molecule is O=C(N[C@@H]1CCN(c2cc(-c3ccc(F)cc3)[nH]n2)C1)c1ccccc1Br. The van der Waals surface area contributed by atoms with E-state index in [-0.39, 0.29) is 17.8 Å². The van der Waals surface area contributed by atoms with Gasteiger partial charge in [-0.25, -0.2) is 4.39 Å². The van der Waals surface area contributed by atoms with E-state index in [4.69, 9.17) is 0 Å². The summed E-state index contributed by atoms with van der Waals surface area (Å²) >= 11 is 3.42. The molecule has 0 spiro atoms. The third kappa shape index (κ3) is 3.88. The van der Waals surface area contributed by atoms with E-state index >= 15 is 0 Å². The molecule has 1 aliphatic heterocycles. The zero-order chi connectivity index (χ0) is 18.8. The molecule has 7 heteroatoms. The number of nitrogens with one attached hydrogen (secondary N) is 2. The summed E-state index contributed by atoms with van der Waals surface area (Å²) in [7, 11) is 0. The van der Waals surface area contributed by atoms with Gasteiger partial charge in [0.1, 0.15) is 5.82 Å². The Morgan fingerprint density at radius 1 is 1.22 bits per heavy atom. The molecule has 4 rings (SSSR count). The lowest BCUT2D eigenvalue weighted by Crippen LogP contribution is -2.37. The Hall–Kier alpha value is -2.67. The first-order valence-electron chi connectivity index (χ1n) is 8.72. The van der Waals surface area contributed by atoms with Crippen molar-refractivity contribution in [3.63, 3.8) is 0 Å². The van der Waals surface area contributed by atoms with Crippen LogP contribution in [0.25, 0.3) is 11.3 Å². The predicted octanol–water partition coefficient (Wildman–Crippen LogP) is 3.99. The van der Waals surface area contributed by atoms with E-state index in [0.29, 0.717) is 12.1 Å². The number of aromatic amines is 1. The largest absolute Gasteiger partial charge is 0.353 e. The molecule has 0 radical (unpaired) electrons. The van der Waals surface area contributed by atoms with Crippen LogP contribution in [0.1, 0.15) is 16.8 Å². The summed E-state index contributed by atoms with van der Waals surface area (Å²) in [6, 6.07) is 15.7. The molecule has 1 aliphatic rings. The van der Waals surface area contributed by atoms with E-state index in [1.54, 1.807) is 18.2 Å². The maximum absolute atomic E-state index is 13.1. The highest BCUT2D eigenvalue weighted by Gasteiger charge is 2.26. The molecule has 1 saturated heterocycles. The molecule has 1 atom stereocenters. The molecule has 0 aliphatic carbocycles. The van der Waals surface area contributed by atoms with E-state index in [1.807, 2.05) is 24.3 Å². The van der Waals surface area contributed by atoms with E-state index in [9.17, 15) is 9.18 Å². The zero-order valence-corrected chi connectivity index (χ0v) is 16.0. The van der Waals surface area contributed by atoms with Crippen molar-refractivity contribution in [3.8, 4) is 11.3 Å². The molecule has 1 aromatic heterocycles. The van der Waals surface area contributed by atoms with Crippen molar-refractivity contribution < 1.29 is 9.18 Å². The fourth-order valence-corrected chi connectivity index (χ4v) is 3.71. The Bertz CT molecular complexity index is 957. The predicted molar refractivity (Wildman–Crippen MR) is 106 cm³/mol. The molecule has 138 valence electrons. The number of hydrogen-bond acceptors (Lipinski definition) is 3. The molecular formula is C20H18BrFN4O. The molecule has 27 heavy (non-hydrogen) atoms. The minimum absolute atomic E-state index is 0.0653. The van der Waals surface area contributed by atoms with E-state index < -0.39 is 0 Å². The number of amides is 1. The van der Waals surface area contributed by atoms with Gasteiger partial charge < -0.3 is 10.2 Å². The summed E-state index contributed by atoms with van der Waals surface area (Å²) < 4.78 is 13.9. The second-order valence-electron chi connectivity index (χ2n) is 6.53. The van der Waals surface area contributed by atoms with Gasteiger partial charge in [0.05, 0.1) is 11.3 Å². The average molecular weight is 429 g/mol. The van der Waals surface area contributed by atoms with Crippen LogP contribution in [-0.2, 0) is 0 Å². The van der Waals surface area contributed by atoms with E-state index in [2.05, 4.69) is 36.3 Å². The maximum atomic E-state index is 13.1. The van der Waals surface area contributed by atoms with Gasteiger partial charge >= 0.3 is 0 Å². The van der Waals surface area contributed by atoms with Crippen molar-refractivity contribution in [3.05, 3.63) is 70.5 Å². The van der Waals surface area contributed by atoms with Crippen LogP contribution >= 0.6 is 15.9 Å². The number of H-pyrrole nitrogens is 1. The zero-order valence-electron chi connectivity index (χ0n) is 14.5. The molecule has 1 fully saturated rings. The fourth-order valence-electron chi connectivity index (χ4n) is 3.25. The molecule has 2 heterocycles. The van der Waals surface area contributed by atoms with Crippen LogP contribution in [0.15, 0.2) is 59.1 Å². The van der Waals surface area contributed by atoms with Crippen LogP contribution in [0.3, 0.4) is 0 Å². The van der Waals surface area contributed by atoms with Gasteiger partial charge in [-0.2, -0.15) is 5.10 Å². The summed E-state index contributed by atoms with van der Waals surface area (Å²) in [6.07, 6.45) is 0.856. The summed E-state index contributed by atoms with van der Waals surface area (Å²) in [5.41, 5.74) is 2.35. The minimum Gasteiger partial charge on any atom is -0.353 e. The van der Waals surface area contributed by atoms with Gasteiger partial charge in [-0.3, -0.25) is 9.89 Å². The number of carbonyl (C=O) groups excluding carboxylic acids is 1. The van der Waals surface area contributed by atoms with Gasteiger partial charge in [0.15, 0.2) is 5.82 Å². The van der Waals surface area contributed by atoms with Crippen molar-refractivity contribution in [2.24, 2.45) is 0 Å². The van der Waals surface area contributed by atoms with Gasteiger partial charge in [0.25, 0.3) is 5.91 Å². The van der Waals surface area contributed by atoms with Crippen LogP contribution < -0.4 is 10.2 Å². The Balaban J connectivity index is 1.40. The van der Waals surface area contributed by atoms with Crippen LogP contribution in [0.5, 0.6) is 0 Å². The first-order valence-corrected chi connectivity index (χ1v) is 9.51. The van der Waals surface area contributed by atoms with Crippen LogP contribution in [0.4, 0.5) is 10.2 Å². The van der Waals surface area contributed by atoms with Crippen molar-refractivity contribution in [2.75, 3.05) is 18.0 Å². The van der Waals surface area contributed by atoms with Crippen molar-refractivity contribution in [1.82, 2.24) is 15.5 Å². The minimum atomic E-state index is -0.262. The first kappa shape index (κ1) is 17.7. The number of aromatic nitrogens is 2.